The number of nitrogens with one attached hydrogen (secondary N) is 1. The maximum atomic E-state index is 8.35. The summed E-state index contributed by atoms with van der Waals surface area (Å²) in [5.41, 5.74) is 0. The Morgan fingerprint density at radius 1 is 1.00 bits per heavy atom. The second kappa shape index (κ2) is 6.67. The molecule has 0 aromatic rings. The van der Waals surface area contributed by atoms with Crippen molar-refractivity contribution in [2.24, 2.45) is 11.8 Å². The third-order valence-corrected chi connectivity index (χ3v) is 3.46. The number of hydrogen-bond acceptors (Lipinski definition) is 3. The third kappa shape index (κ3) is 8.81. The van der Waals surface area contributed by atoms with Crippen LogP contribution in [-0.4, -0.2) is 22.4 Å². The van der Waals surface area contributed by atoms with E-state index >= 15 is 0 Å². The average molecular weight is 223 g/mol. The molecule has 0 heterocycles. The van der Waals surface area contributed by atoms with Gasteiger partial charge in [0.1, 0.15) is 0 Å². The molecule has 3 nitrogen and oxygen atoms in total. The van der Waals surface area contributed by atoms with Gasteiger partial charge < -0.3 is 0 Å². The van der Waals surface area contributed by atoms with E-state index in [-0.39, 0.29) is 0 Å². The zero-order valence-corrected chi connectivity index (χ0v) is 10.6. The standard InChI is InChI=1S/C8H16.C2H9NO2S/c1-7-3-5-8(2)6-4-7;1-3-6(2,4)5/h7-8H,3-6H2,1-2H3;3-5H,1-2H3. The average Bonchev–Trinajstić information content (AvgIpc) is 2.10. The summed E-state index contributed by atoms with van der Waals surface area (Å²) < 4.78 is 19.0. The van der Waals surface area contributed by atoms with Gasteiger partial charge in [0.25, 0.3) is 0 Å². The zero-order valence-electron chi connectivity index (χ0n) is 9.79. The van der Waals surface area contributed by atoms with Gasteiger partial charge in [-0.25, -0.2) is 4.72 Å². The van der Waals surface area contributed by atoms with Gasteiger partial charge in [-0.2, -0.15) is 0 Å². The lowest BCUT2D eigenvalue weighted by Gasteiger charge is -2.24. The molecule has 1 aliphatic carbocycles. The predicted octanol–water partition coefficient (Wildman–Crippen LogP) is 3.33. The molecule has 3 N–H and O–H groups in total. The second-order valence-electron chi connectivity index (χ2n) is 4.40. The summed E-state index contributed by atoms with van der Waals surface area (Å²) in [6.07, 6.45) is 7.22. The van der Waals surface area contributed by atoms with Crippen LogP contribution < -0.4 is 4.72 Å². The molecule has 0 amide bonds. The highest BCUT2D eigenvalue weighted by Crippen LogP contribution is 2.27. The van der Waals surface area contributed by atoms with Gasteiger partial charge in [0.2, 0.25) is 0 Å². The monoisotopic (exact) mass is 223 g/mol. The Labute approximate surface area is 89.8 Å². The van der Waals surface area contributed by atoms with Crippen molar-refractivity contribution < 1.29 is 9.11 Å². The van der Waals surface area contributed by atoms with Gasteiger partial charge in [-0.1, -0.05) is 39.5 Å². The molecule has 0 unspecified atom stereocenters. The van der Waals surface area contributed by atoms with Gasteiger partial charge in [-0.3, -0.25) is 9.11 Å². The Balaban J connectivity index is 0.000000255. The van der Waals surface area contributed by atoms with Crippen molar-refractivity contribution in [2.45, 2.75) is 39.5 Å². The summed E-state index contributed by atoms with van der Waals surface area (Å²) in [6, 6.07) is 0. The van der Waals surface area contributed by atoms with Crippen molar-refractivity contribution in [3.63, 3.8) is 0 Å². The second-order valence-corrected chi connectivity index (χ2v) is 6.48. The Hall–Kier alpha value is 0.230. The lowest BCUT2D eigenvalue weighted by Crippen LogP contribution is -2.11. The van der Waals surface area contributed by atoms with E-state index in [4.69, 9.17) is 9.11 Å². The van der Waals surface area contributed by atoms with Crippen LogP contribution in [0.15, 0.2) is 0 Å². The molecule has 1 rings (SSSR count). The van der Waals surface area contributed by atoms with E-state index in [1.165, 1.54) is 39.0 Å². The summed E-state index contributed by atoms with van der Waals surface area (Å²) in [5.74, 6) is 2.04. The highest BCUT2D eigenvalue weighted by atomic mass is 32.3. The van der Waals surface area contributed by atoms with Crippen molar-refractivity contribution in [1.29, 1.82) is 0 Å². The van der Waals surface area contributed by atoms with Crippen LogP contribution in [0.3, 0.4) is 0 Å². The molecule has 4 heteroatoms. The van der Waals surface area contributed by atoms with E-state index in [1.54, 1.807) is 0 Å². The molecule has 1 saturated carbocycles. The SMILES string of the molecule is CC1CCC(C)CC1.CNS(C)(O)O. The fourth-order valence-corrected chi connectivity index (χ4v) is 1.43. The molecule has 0 radical (unpaired) electrons. The van der Waals surface area contributed by atoms with Crippen molar-refractivity contribution >= 4 is 10.8 Å². The largest absolute Gasteiger partial charge is 0.286 e. The highest BCUT2D eigenvalue weighted by molar-refractivity contribution is 8.22. The van der Waals surface area contributed by atoms with E-state index in [0.717, 1.165) is 11.8 Å². The topological polar surface area (TPSA) is 52.5 Å². The molecule has 1 fully saturated rings. The minimum atomic E-state index is -2.41. The molecule has 0 bridgehead atoms. The molecule has 0 aliphatic heterocycles. The first-order valence-corrected chi connectivity index (χ1v) is 7.22. The molecule has 0 saturated heterocycles. The zero-order chi connectivity index (χ0) is 11.2. The number of rotatable bonds is 1. The van der Waals surface area contributed by atoms with Crippen LogP contribution in [0.5, 0.6) is 0 Å². The van der Waals surface area contributed by atoms with E-state index in [9.17, 15) is 0 Å². The first-order valence-electron chi connectivity index (χ1n) is 5.27. The van der Waals surface area contributed by atoms with Gasteiger partial charge in [-0.05, 0) is 11.8 Å². The van der Waals surface area contributed by atoms with Gasteiger partial charge in [0.15, 0.2) is 0 Å². The number of hydrogen-bond donors (Lipinski definition) is 3. The lowest BCUT2D eigenvalue weighted by atomic mass is 9.84. The molecule has 14 heavy (non-hydrogen) atoms. The molecule has 88 valence electrons. The highest BCUT2D eigenvalue weighted by Gasteiger charge is 2.13. The first kappa shape index (κ1) is 14.2. The van der Waals surface area contributed by atoms with E-state index in [2.05, 4.69) is 18.6 Å². The smallest absolute Gasteiger partial charge is 0.0416 e. The van der Waals surface area contributed by atoms with Crippen molar-refractivity contribution in [3.8, 4) is 0 Å². The molecular weight excluding hydrogens is 198 g/mol. The first-order chi connectivity index (χ1) is 6.35. The summed E-state index contributed by atoms with van der Waals surface area (Å²) in [5, 5.41) is 0. The molecule has 0 aromatic heterocycles. The van der Waals surface area contributed by atoms with Crippen LogP contribution in [0.2, 0.25) is 0 Å². The Morgan fingerprint density at radius 2 is 1.21 bits per heavy atom. The summed E-state index contributed by atoms with van der Waals surface area (Å²) in [7, 11) is -0.917. The van der Waals surface area contributed by atoms with Crippen LogP contribution in [0, 0.1) is 11.8 Å². The summed E-state index contributed by atoms with van der Waals surface area (Å²) in [6.45, 7) is 4.73. The van der Waals surface area contributed by atoms with Crippen LogP contribution in [-0.2, 0) is 0 Å². The molecule has 0 aromatic carbocycles. The Kier molecular flexibility index (Phi) is 6.78. The van der Waals surface area contributed by atoms with Crippen LogP contribution in [0.25, 0.3) is 0 Å². The van der Waals surface area contributed by atoms with Crippen LogP contribution in [0.4, 0.5) is 0 Å². The fourth-order valence-electron chi connectivity index (χ4n) is 1.43. The lowest BCUT2D eigenvalue weighted by molar-refractivity contribution is 0.308. The van der Waals surface area contributed by atoms with Crippen LogP contribution >= 0.6 is 10.8 Å². The maximum Gasteiger partial charge on any atom is 0.0416 e. The van der Waals surface area contributed by atoms with Gasteiger partial charge in [0.05, 0.1) is 0 Å². The van der Waals surface area contributed by atoms with Gasteiger partial charge in [0, 0.05) is 13.3 Å². The summed E-state index contributed by atoms with van der Waals surface area (Å²) >= 11 is 0. The molecule has 0 spiro atoms. The van der Waals surface area contributed by atoms with Crippen molar-refractivity contribution in [3.05, 3.63) is 0 Å². The minimum absolute atomic E-state index is 1.02. The molecular formula is C10H25NO2S. The summed E-state index contributed by atoms with van der Waals surface area (Å²) in [4.78, 5) is 0. The van der Waals surface area contributed by atoms with E-state index in [0.29, 0.717) is 0 Å². The third-order valence-electron chi connectivity index (χ3n) is 2.69. The quantitative estimate of drug-likeness (QED) is 0.639. The Bertz CT molecular complexity index is 130. The predicted molar refractivity (Wildman–Crippen MR) is 64.6 cm³/mol. The van der Waals surface area contributed by atoms with Gasteiger partial charge in [-0.15, -0.1) is 10.8 Å². The van der Waals surface area contributed by atoms with E-state index in [1.807, 2.05) is 0 Å². The Morgan fingerprint density at radius 3 is 1.36 bits per heavy atom. The minimum Gasteiger partial charge on any atom is -0.286 e. The molecule has 1 aliphatic rings. The van der Waals surface area contributed by atoms with Crippen LogP contribution in [0.1, 0.15) is 39.5 Å². The van der Waals surface area contributed by atoms with Crippen molar-refractivity contribution in [1.82, 2.24) is 4.72 Å². The fraction of sp³-hybridized carbons (Fsp3) is 1.00. The molecule has 0 atom stereocenters. The van der Waals surface area contributed by atoms with Crippen molar-refractivity contribution in [2.75, 3.05) is 13.3 Å². The van der Waals surface area contributed by atoms with Gasteiger partial charge >= 0.3 is 0 Å². The van der Waals surface area contributed by atoms with E-state index < -0.39 is 10.8 Å². The normalized spacial score (nSPS) is 29.0. The maximum absolute atomic E-state index is 8.35.